The van der Waals surface area contributed by atoms with E-state index in [1.807, 2.05) is 6.92 Å². The van der Waals surface area contributed by atoms with Crippen LogP contribution in [0.25, 0.3) is 0 Å². The van der Waals surface area contributed by atoms with E-state index in [4.69, 9.17) is 0 Å². The Morgan fingerprint density at radius 3 is 2.67 bits per heavy atom. The predicted octanol–water partition coefficient (Wildman–Crippen LogP) is 3.59. The molecule has 0 unspecified atom stereocenters. The van der Waals surface area contributed by atoms with E-state index in [2.05, 4.69) is 5.32 Å². The Labute approximate surface area is 104 Å². The minimum absolute atomic E-state index is 0.176. The van der Waals surface area contributed by atoms with Crippen LogP contribution >= 0.6 is 0 Å². The summed E-state index contributed by atoms with van der Waals surface area (Å²) in [6, 6.07) is 8.92. The van der Waals surface area contributed by atoms with Crippen molar-refractivity contribution in [2.75, 3.05) is 5.32 Å². The maximum atomic E-state index is 13.4. The van der Waals surface area contributed by atoms with Crippen LogP contribution in [0.4, 0.5) is 14.5 Å². The van der Waals surface area contributed by atoms with Gasteiger partial charge in [0, 0.05) is 17.8 Å². The van der Waals surface area contributed by atoms with Crippen LogP contribution in [-0.2, 0) is 6.54 Å². The topological polar surface area (TPSA) is 32.3 Å². The van der Waals surface area contributed by atoms with Crippen molar-refractivity contribution in [2.24, 2.45) is 0 Å². The Kier molecular flexibility index (Phi) is 3.46. The van der Waals surface area contributed by atoms with Crippen LogP contribution in [0.3, 0.4) is 0 Å². The lowest BCUT2D eigenvalue weighted by Gasteiger charge is -2.10. The van der Waals surface area contributed by atoms with Gasteiger partial charge in [-0.3, -0.25) is 0 Å². The van der Waals surface area contributed by atoms with Crippen molar-refractivity contribution in [1.82, 2.24) is 0 Å². The fourth-order valence-corrected chi connectivity index (χ4v) is 1.72. The highest BCUT2D eigenvalue weighted by Gasteiger charge is 2.07. The minimum atomic E-state index is -0.850. The summed E-state index contributed by atoms with van der Waals surface area (Å²) in [5, 5.41) is 12.3. The second kappa shape index (κ2) is 5.04. The van der Waals surface area contributed by atoms with Gasteiger partial charge in [-0.1, -0.05) is 12.1 Å². The highest BCUT2D eigenvalue weighted by molar-refractivity contribution is 5.53. The molecule has 2 N–H and O–H groups in total. The zero-order valence-electron chi connectivity index (χ0n) is 9.87. The summed E-state index contributed by atoms with van der Waals surface area (Å²) in [5.41, 5.74) is 1.88. The highest BCUT2D eigenvalue weighted by Crippen LogP contribution is 2.21. The van der Waals surface area contributed by atoms with Gasteiger partial charge in [0.15, 0.2) is 11.6 Å². The molecule has 0 heterocycles. The number of phenols is 1. The van der Waals surface area contributed by atoms with E-state index in [0.717, 1.165) is 17.3 Å². The molecule has 0 atom stereocenters. The van der Waals surface area contributed by atoms with Crippen molar-refractivity contribution in [3.8, 4) is 5.75 Å². The smallest absolute Gasteiger partial charge is 0.163 e. The Hall–Kier alpha value is -2.10. The number of halogens is 2. The SMILES string of the molecule is Cc1cc(O)ccc1NCc1cccc(F)c1F. The third kappa shape index (κ3) is 2.59. The third-order valence-corrected chi connectivity index (χ3v) is 2.71. The lowest BCUT2D eigenvalue weighted by atomic mass is 10.1. The van der Waals surface area contributed by atoms with Crippen molar-refractivity contribution in [1.29, 1.82) is 0 Å². The molecule has 0 aliphatic rings. The number of benzene rings is 2. The van der Waals surface area contributed by atoms with Gasteiger partial charge in [-0.2, -0.15) is 0 Å². The summed E-state index contributed by atoms with van der Waals surface area (Å²) in [4.78, 5) is 0. The Morgan fingerprint density at radius 2 is 1.94 bits per heavy atom. The molecule has 18 heavy (non-hydrogen) atoms. The molecule has 0 radical (unpaired) electrons. The Balaban J connectivity index is 2.14. The second-order valence-electron chi connectivity index (χ2n) is 4.07. The number of phenolic OH excluding ortho intramolecular Hbond substituents is 1. The number of nitrogens with one attached hydrogen (secondary N) is 1. The van der Waals surface area contributed by atoms with E-state index < -0.39 is 11.6 Å². The van der Waals surface area contributed by atoms with Crippen molar-refractivity contribution in [3.05, 3.63) is 59.2 Å². The minimum Gasteiger partial charge on any atom is -0.508 e. The first-order valence-electron chi connectivity index (χ1n) is 5.54. The van der Waals surface area contributed by atoms with E-state index in [-0.39, 0.29) is 17.9 Å². The monoisotopic (exact) mass is 249 g/mol. The first-order valence-corrected chi connectivity index (χ1v) is 5.54. The van der Waals surface area contributed by atoms with Gasteiger partial charge in [-0.15, -0.1) is 0 Å². The first kappa shape index (κ1) is 12.4. The van der Waals surface area contributed by atoms with E-state index in [1.54, 1.807) is 12.1 Å². The number of hydrogen-bond donors (Lipinski definition) is 2. The average molecular weight is 249 g/mol. The van der Waals surface area contributed by atoms with E-state index in [0.29, 0.717) is 0 Å². The molecule has 0 aliphatic heterocycles. The van der Waals surface area contributed by atoms with Crippen LogP contribution in [0.15, 0.2) is 36.4 Å². The summed E-state index contributed by atoms with van der Waals surface area (Å²) in [7, 11) is 0. The van der Waals surface area contributed by atoms with Gasteiger partial charge >= 0.3 is 0 Å². The van der Waals surface area contributed by atoms with Crippen LogP contribution in [0, 0.1) is 18.6 Å². The molecule has 2 nitrogen and oxygen atoms in total. The average Bonchev–Trinajstić information content (AvgIpc) is 2.33. The molecule has 4 heteroatoms. The summed E-state index contributed by atoms with van der Waals surface area (Å²) < 4.78 is 26.4. The standard InChI is InChI=1S/C14H13F2NO/c1-9-7-11(18)5-6-13(9)17-8-10-3-2-4-12(15)14(10)16/h2-7,17-18H,8H2,1H3. The normalized spacial score (nSPS) is 10.4. The summed E-state index contributed by atoms with van der Waals surface area (Å²) in [6.07, 6.45) is 0. The molecule has 0 amide bonds. The number of anilines is 1. The first-order chi connectivity index (χ1) is 8.58. The zero-order chi connectivity index (χ0) is 13.1. The number of aryl methyl sites for hydroxylation is 1. The van der Waals surface area contributed by atoms with E-state index >= 15 is 0 Å². The van der Waals surface area contributed by atoms with Crippen LogP contribution in [-0.4, -0.2) is 5.11 Å². The van der Waals surface area contributed by atoms with Gasteiger partial charge in [-0.25, -0.2) is 8.78 Å². The van der Waals surface area contributed by atoms with Crippen LogP contribution in [0.2, 0.25) is 0 Å². The molecule has 0 bridgehead atoms. The molecule has 0 saturated carbocycles. The fourth-order valence-electron chi connectivity index (χ4n) is 1.72. The number of rotatable bonds is 3. The van der Waals surface area contributed by atoms with E-state index in [9.17, 15) is 13.9 Å². The van der Waals surface area contributed by atoms with E-state index in [1.165, 1.54) is 18.2 Å². The lowest BCUT2D eigenvalue weighted by Crippen LogP contribution is -2.04. The molecular weight excluding hydrogens is 236 g/mol. The zero-order valence-corrected chi connectivity index (χ0v) is 9.87. The molecule has 94 valence electrons. The Morgan fingerprint density at radius 1 is 1.17 bits per heavy atom. The summed E-state index contributed by atoms with van der Waals surface area (Å²) in [6.45, 7) is 2.01. The van der Waals surface area contributed by atoms with Crippen molar-refractivity contribution in [3.63, 3.8) is 0 Å². The van der Waals surface area contributed by atoms with Crippen LogP contribution < -0.4 is 5.32 Å². The molecule has 2 aromatic carbocycles. The van der Waals surface area contributed by atoms with Crippen LogP contribution in [0.5, 0.6) is 5.75 Å². The second-order valence-corrected chi connectivity index (χ2v) is 4.07. The predicted molar refractivity (Wildman–Crippen MR) is 66.5 cm³/mol. The molecular formula is C14H13F2NO. The largest absolute Gasteiger partial charge is 0.508 e. The van der Waals surface area contributed by atoms with Crippen LogP contribution in [0.1, 0.15) is 11.1 Å². The highest BCUT2D eigenvalue weighted by atomic mass is 19.2. The number of aromatic hydroxyl groups is 1. The van der Waals surface area contributed by atoms with Gasteiger partial charge in [0.2, 0.25) is 0 Å². The third-order valence-electron chi connectivity index (χ3n) is 2.71. The van der Waals surface area contributed by atoms with Crippen molar-refractivity contribution >= 4 is 5.69 Å². The molecule has 0 saturated heterocycles. The molecule has 2 rings (SSSR count). The summed E-state index contributed by atoms with van der Waals surface area (Å²) in [5.74, 6) is -1.51. The van der Waals surface area contributed by atoms with Gasteiger partial charge in [0.25, 0.3) is 0 Å². The molecule has 0 aromatic heterocycles. The number of hydrogen-bond acceptors (Lipinski definition) is 2. The fraction of sp³-hybridized carbons (Fsp3) is 0.143. The van der Waals surface area contributed by atoms with Crippen molar-refractivity contribution < 1.29 is 13.9 Å². The Bertz CT molecular complexity index is 570. The van der Waals surface area contributed by atoms with Crippen molar-refractivity contribution in [2.45, 2.75) is 13.5 Å². The molecule has 0 aliphatic carbocycles. The molecule has 2 aromatic rings. The molecule has 0 fully saturated rings. The maximum Gasteiger partial charge on any atom is 0.163 e. The van der Waals surface area contributed by atoms with Gasteiger partial charge in [0.1, 0.15) is 5.75 Å². The maximum absolute atomic E-state index is 13.4. The lowest BCUT2D eigenvalue weighted by molar-refractivity contribution is 0.475. The molecule has 0 spiro atoms. The summed E-state index contributed by atoms with van der Waals surface area (Å²) >= 11 is 0. The van der Waals surface area contributed by atoms with Gasteiger partial charge in [-0.05, 0) is 36.8 Å². The van der Waals surface area contributed by atoms with Gasteiger partial charge < -0.3 is 10.4 Å². The quantitative estimate of drug-likeness (QED) is 0.815. The van der Waals surface area contributed by atoms with Gasteiger partial charge in [0.05, 0.1) is 0 Å².